The van der Waals surface area contributed by atoms with Gasteiger partial charge in [-0.3, -0.25) is 4.90 Å². The van der Waals surface area contributed by atoms with E-state index < -0.39 is 0 Å². The van der Waals surface area contributed by atoms with E-state index in [2.05, 4.69) is 18.9 Å². The third kappa shape index (κ3) is 1.44. The number of likely N-dealkylation sites (N-methyl/N-ethyl adjacent to an activating group) is 1. The summed E-state index contributed by atoms with van der Waals surface area (Å²) >= 11 is 0. The molecule has 2 rings (SSSR count). The van der Waals surface area contributed by atoms with Gasteiger partial charge in [0.25, 0.3) is 0 Å². The summed E-state index contributed by atoms with van der Waals surface area (Å²) in [6.07, 6.45) is 7.33. The number of nitrogens with zero attached hydrogens (tertiary/aromatic N) is 1. The summed E-state index contributed by atoms with van der Waals surface area (Å²) in [5.41, 5.74) is 0. The molecule has 4 atom stereocenters. The van der Waals surface area contributed by atoms with Crippen LogP contribution < -0.4 is 0 Å². The average Bonchev–Trinajstić information content (AvgIpc) is 2.49. The van der Waals surface area contributed by atoms with Crippen LogP contribution in [-0.2, 0) is 0 Å². The topological polar surface area (TPSA) is 3.01 Å². The Hall–Kier alpha value is -0.0400. The third-order valence-electron chi connectivity index (χ3n) is 3.49. The van der Waals surface area contributed by atoms with E-state index in [0.717, 1.165) is 18.0 Å². The first-order valence-electron chi connectivity index (χ1n) is 5.01. The van der Waals surface area contributed by atoms with Crippen molar-refractivity contribution in [2.45, 2.75) is 51.1 Å². The molecule has 0 spiro atoms. The van der Waals surface area contributed by atoms with Crippen molar-refractivity contribution in [1.82, 2.24) is 4.90 Å². The molecule has 2 fully saturated rings. The highest BCUT2D eigenvalue weighted by molar-refractivity contribution is 5.00. The van der Waals surface area contributed by atoms with Crippen molar-refractivity contribution in [1.29, 1.82) is 0 Å². The molecule has 1 heteroatoms. The molecule has 4 unspecified atom stereocenters. The summed E-state index contributed by atoms with van der Waals surface area (Å²) in [5, 5.41) is 0. The second-order valence-corrected chi connectivity index (χ2v) is 4.43. The normalized spacial score (nSPS) is 50.7. The molecule has 1 heterocycles. The van der Waals surface area contributed by atoms with Gasteiger partial charge in [-0.25, -0.2) is 0 Å². The first kappa shape index (κ1) is 7.60. The van der Waals surface area contributed by atoms with Crippen molar-refractivity contribution >= 4 is 0 Å². The van der Waals surface area contributed by atoms with Gasteiger partial charge in [0.1, 0.15) is 0 Å². The fourth-order valence-electron chi connectivity index (χ4n) is 2.57. The van der Waals surface area contributed by atoms with Gasteiger partial charge < -0.3 is 0 Å². The molecule has 0 N–H and O–H groups in total. The molecule has 1 nitrogen and oxygen atoms in total. The van der Waals surface area contributed by atoms with Crippen LogP contribution in [-0.4, -0.2) is 24.0 Å². The fraction of sp³-hybridized carbons (Fsp3) is 1.00. The lowest BCUT2D eigenvalue weighted by atomic mass is 9.93. The van der Waals surface area contributed by atoms with Gasteiger partial charge in [-0.15, -0.1) is 0 Å². The molecule has 0 aromatic heterocycles. The highest BCUT2D eigenvalue weighted by Crippen LogP contribution is 2.38. The van der Waals surface area contributed by atoms with E-state index in [9.17, 15) is 0 Å². The summed E-state index contributed by atoms with van der Waals surface area (Å²) in [6, 6.07) is 1.93. The largest absolute Gasteiger partial charge is 0.297 e. The van der Waals surface area contributed by atoms with Crippen LogP contribution >= 0.6 is 0 Å². The Kier molecular flexibility index (Phi) is 1.92. The lowest BCUT2D eigenvalue weighted by Gasteiger charge is -2.12. The van der Waals surface area contributed by atoms with Crippen LogP contribution in [0.25, 0.3) is 0 Å². The van der Waals surface area contributed by atoms with Crippen LogP contribution in [0.2, 0.25) is 0 Å². The second-order valence-electron chi connectivity index (χ2n) is 4.43. The van der Waals surface area contributed by atoms with Crippen molar-refractivity contribution in [3.63, 3.8) is 0 Å². The summed E-state index contributed by atoms with van der Waals surface area (Å²) in [4.78, 5) is 2.56. The molecule has 1 saturated carbocycles. The highest BCUT2D eigenvalue weighted by Gasteiger charge is 2.44. The highest BCUT2D eigenvalue weighted by atomic mass is 15.3. The number of hydrogen-bond donors (Lipinski definition) is 0. The Balaban J connectivity index is 1.91. The van der Waals surface area contributed by atoms with Crippen molar-refractivity contribution in [3.05, 3.63) is 0 Å². The molecule has 2 aliphatic rings. The maximum absolute atomic E-state index is 2.56. The zero-order valence-corrected chi connectivity index (χ0v) is 7.71. The van der Waals surface area contributed by atoms with E-state index in [1.807, 2.05) is 0 Å². The average molecular weight is 153 g/mol. The standard InChI is InChI=1S/C10H19N/c1-8-5-3-4-6-9-10(7-8)11(9)2/h8-10H,3-7H2,1-2H3. The van der Waals surface area contributed by atoms with E-state index in [4.69, 9.17) is 0 Å². The SMILES string of the molecule is CC1CCCCC2C(C1)N2C. The Morgan fingerprint density at radius 1 is 1.09 bits per heavy atom. The first-order valence-corrected chi connectivity index (χ1v) is 5.01. The van der Waals surface area contributed by atoms with Gasteiger partial charge in [-0.05, 0) is 25.8 Å². The molecule has 1 saturated heterocycles. The first-order chi connectivity index (χ1) is 5.29. The molecule has 0 aromatic carbocycles. The van der Waals surface area contributed by atoms with Crippen LogP contribution in [0, 0.1) is 5.92 Å². The Morgan fingerprint density at radius 2 is 1.82 bits per heavy atom. The zero-order chi connectivity index (χ0) is 7.84. The second kappa shape index (κ2) is 2.78. The summed E-state index contributed by atoms with van der Waals surface area (Å²) < 4.78 is 0. The molecule has 11 heavy (non-hydrogen) atoms. The lowest BCUT2D eigenvalue weighted by molar-refractivity contribution is 0.428. The smallest absolute Gasteiger partial charge is 0.0254 e. The third-order valence-corrected chi connectivity index (χ3v) is 3.49. The molecule has 1 aliphatic heterocycles. The number of rotatable bonds is 0. The summed E-state index contributed by atoms with van der Waals surface area (Å²) in [5.74, 6) is 0.979. The molecular weight excluding hydrogens is 134 g/mol. The summed E-state index contributed by atoms with van der Waals surface area (Å²) in [7, 11) is 2.29. The van der Waals surface area contributed by atoms with Gasteiger partial charge in [0.2, 0.25) is 0 Å². The molecule has 1 aliphatic carbocycles. The van der Waals surface area contributed by atoms with E-state index >= 15 is 0 Å². The Labute approximate surface area is 69.8 Å². The van der Waals surface area contributed by atoms with Crippen LogP contribution in [0.15, 0.2) is 0 Å². The predicted octanol–water partition coefficient (Wildman–Crippen LogP) is 2.27. The summed E-state index contributed by atoms with van der Waals surface area (Å²) in [6.45, 7) is 2.41. The maximum Gasteiger partial charge on any atom is 0.0254 e. The fourth-order valence-corrected chi connectivity index (χ4v) is 2.57. The minimum atomic E-state index is 0.963. The van der Waals surface area contributed by atoms with E-state index in [1.165, 1.54) is 32.1 Å². The van der Waals surface area contributed by atoms with Gasteiger partial charge in [-0.1, -0.05) is 26.2 Å². The van der Waals surface area contributed by atoms with Crippen LogP contribution in [0.5, 0.6) is 0 Å². The van der Waals surface area contributed by atoms with E-state index in [1.54, 1.807) is 0 Å². The Bertz CT molecular complexity index is 144. The molecule has 64 valence electrons. The van der Waals surface area contributed by atoms with Gasteiger partial charge in [0, 0.05) is 12.1 Å². The van der Waals surface area contributed by atoms with Crippen molar-refractivity contribution in [2.24, 2.45) is 5.92 Å². The van der Waals surface area contributed by atoms with E-state index in [0.29, 0.717) is 0 Å². The predicted molar refractivity (Wildman–Crippen MR) is 47.6 cm³/mol. The van der Waals surface area contributed by atoms with Crippen molar-refractivity contribution in [2.75, 3.05) is 7.05 Å². The van der Waals surface area contributed by atoms with Crippen LogP contribution in [0.1, 0.15) is 39.0 Å². The van der Waals surface area contributed by atoms with E-state index in [-0.39, 0.29) is 0 Å². The van der Waals surface area contributed by atoms with Gasteiger partial charge in [0.05, 0.1) is 0 Å². The van der Waals surface area contributed by atoms with Gasteiger partial charge >= 0.3 is 0 Å². The lowest BCUT2D eigenvalue weighted by Crippen LogP contribution is -2.06. The van der Waals surface area contributed by atoms with Gasteiger partial charge in [-0.2, -0.15) is 0 Å². The number of fused-ring (bicyclic) bond motifs is 1. The molecular formula is C10H19N. The molecule has 0 bridgehead atoms. The molecule has 0 amide bonds. The minimum absolute atomic E-state index is 0.963. The zero-order valence-electron chi connectivity index (χ0n) is 7.71. The monoisotopic (exact) mass is 153 g/mol. The van der Waals surface area contributed by atoms with Crippen molar-refractivity contribution in [3.8, 4) is 0 Å². The number of hydrogen-bond acceptors (Lipinski definition) is 1. The quantitative estimate of drug-likeness (QED) is 0.482. The molecule has 0 aromatic rings. The van der Waals surface area contributed by atoms with Gasteiger partial charge in [0.15, 0.2) is 0 Å². The Morgan fingerprint density at radius 3 is 2.64 bits per heavy atom. The molecule has 0 radical (unpaired) electrons. The minimum Gasteiger partial charge on any atom is -0.297 e. The maximum atomic E-state index is 2.56. The van der Waals surface area contributed by atoms with Crippen molar-refractivity contribution < 1.29 is 0 Å². The van der Waals surface area contributed by atoms with Crippen LogP contribution in [0.3, 0.4) is 0 Å². The van der Waals surface area contributed by atoms with Crippen LogP contribution in [0.4, 0.5) is 0 Å².